The fraction of sp³-hybridized carbons (Fsp3) is 0.786. The van der Waals surface area contributed by atoms with Crippen molar-refractivity contribution in [3.8, 4) is 0 Å². The van der Waals surface area contributed by atoms with Crippen molar-refractivity contribution >= 4 is 17.8 Å². The van der Waals surface area contributed by atoms with Crippen LogP contribution in [-0.4, -0.2) is 65.5 Å². The smallest absolute Gasteiger partial charge is 0.325 e. The van der Waals surface area contributed by atoms with E-state index in [1.165, 1.54) is 17.7 Å². The molecule has 3 fully saturated rings. The van der Waals surface area contributed by atoms with Crippen molar-refractivity contribution in [1.82, 2.24) is 15.1 Å². The van der Waals surface area contributed by atoms with E-state index < -0.39 is 11.6 Å². The molecule has 1 unspecified atom stereocenters. The summed E-state index contributed by atoms with van der Waals surface area (Å²) in [5.41, 5.74) is -0.977. The molecule has 3 rings (SSSR count). The largest absolute Gasteiger partial charge is 0.374 e. The molecule has 116 valence electrons. The number of carbonyl (C=O) groups is 3. The van der Waals surface area contributed by atoms with Crippen LogP contribution in [0.2, 0.25) is 0 Å². The van der Waals surface area contributed by atoms with E-state index in [1.54, 1.807) is 18.7 Å². The van der Waals surface area contributed by atoms with E-state index in [-0.39, 0.29) is 24.5 Å². The molecule has 0 radical (unpaired) electrons. The summed E-state index contributed by atoms with van der Waals surface area (Å²) in [4.78, 5) is 39.0. The average Bonchev–Trinajstić information content (AvgIpc) is 3.25. The highest BCUT2D eigenvalue weighted by Crippen LogP contribution is 2.35. The van der Waals surface area contributed by atoms with E-state index in [0.717, 1.165) is 0 Å². The Morgan fingerprint density at radius 1 is 1.38 bits per heavy atom. The predicted octanol–water partition coefficient (Wildman–Crippen LogP) is -0.0458. The minimum atomic E-state index is -0.977. The summed E-state index contributed by atoms with van der Waals surface area (Å²) in [7, 11) is 0. The summed E-state index contributed by atoms with van der Waals surface area (Å²) in [6, 6.07) is -0.495. The number of carbonyl (C=O) groups excluding carboxylic acids is 3. The maximum Gasteiger partial charge on any atom is 0.325 e. The van der Waals surface area contributed by atoms with Gasteiger partial charge in [-0.2, -0.15) is 0 Å². The van der Waals surface area contributed by atoms with Crippen molar-refractivity contribution in [2.24, 2.45) is 5.92 Å². The lowest BCUT2D eigenvalue weighted by Gasteiger charge is -2.35. The molecule has 0 aromatic carbocycles. The van der Waals surface area contributed by atoms with E-state index in [2.05, 4.69) is 5.32 Å². The predicted molar refractivity (Wildman–Crippen MR) is 73.4 cm³/mol. The Kier molecular flexibility index (Phi) is 3.39. The van der Waals surface area contributed by atoms with E-state index in [9.17, 15) is 14.4 Å². The maximum atomic E-state index is 12.4. The van der Waals surface area contributed by atoms with Crippen molar-refractivity contribution < 1.29 is 19.1 Å². The molecule has 4 amide bonds. The number of urea groups is 1. The molecular formula is C14H21N3O4. The van der Waals surface area contributed by atoms with Crippen LogP contribution < -0.4 is 5.32 Å². The molecule has 1 aliphatic carbocycles. The number of hydrogen-bond donors (Lipinski definition) is 1. The van der Waals surface area contributed by atoms with Gasteiger partial charge in [-0.15, -0.1) is 0 Å². The summed E-state index contributed by atoms with van der Waals surface area (Å²) in [6.07, 6.45) is 2.47. The molecule has 1 N–H and O–H groups in total. The summed E-state index contributed by atoms with van der Waals surface area (Å²) in [6.45, 7) is 4.91. The molecule has 0 aromatic heterocycles. The number of amides is 4. The standard InChI is InChI=1S/C14H21N3O4/c1-14(2)12(19)15-13(20)17(14)8-11(18)16-5-6-21-10(7-16)9-3-4-9/h9-10H,3-8H2,1-2H3,(H,15,19,20). The SMILES string of the molecule is CC1(C)C(=O)NC(=O)N1CC(=O)N1CCOC(C2CC2)C1. The van der Waals surface area contributed by atoms with Crippen LogP contribution in [-0.2, 0) is 14.3 Å². The second kappa shape index (κ2) is 4.98. The second-order valence-corrected chi connectivity index (χ2v) is 6.49. The second-order valence-electron chi connectivity index (χ2n) is 6.49. The highest BCUT2D eigenvalue weighted by atomic mass is 16.5. The number of nitrogens with zero attached hydrogens (tertiary/aromatic N) is 2. The van der Waals surface area contributed by atoms with E-state index in [4.69, 9.17) is 4.74 Å². The summed E-state index contributed by atoms with van der Waals surface area (Å²) in [5.74, 6) is 0.0914. The van der Waals surface area contributed by atoms with Crippen LogP contribution in [0.3, 0.4) is 0 Å². The Hall–Kier alpha value is -1.63. The lowest BCUT2D eigenvalue weighted by Crippen LogP contribution is -2.53. The van der Waals surface area contributed by atoms with Crippen molar-refractivity contribution in [1.29, 1.82) is 0 Å². The molecule has 0 aromatic rings. The van der Waals surface area contributed by atoms with Crippen LogP contribution in [0.4, 0.5) is 4.79 Å². The van der Waals surface area contributed by atoms with Crippen molar-refractivity contribution in [3.05, 3.63) is 0 Å². The van der Waals surface area contributed by atoms with Gasteiger partial charge in [0, 0.05) is 13.1 Å². The average molecular weight is 295 g/mol. The van der Waals surface area contributed by atoms with Gasteiger partial charge in [-0.1, -0.05) is 0 Å². The quantitative estimate of drug-likeness (QED) is 0.741. The van der Waals surface area contributed by atoms with Crippen LogP contribution in [0.1, 0.15) is 26.7 Å². The third-order valence-electron chi connectivity index (χ3n) is 4.58. The molecule has 21 heavy (non-hydrogen) atoms. The van der Waals surface area contributed by atoms with Gasteiger partial charge in [-0.3, -0.25) is 14.9 Å². The Bertz CT molecular complexity index is 487. The van der Waals surface area contributed by atoms with Crippen LogP contribution in [0.15, 0.2) is 0 Å². The van der Waals surface area contributed by atoms with Gasteiger partial charge in [0.25, 0.3) is 5.91 Å². The van der Waals surface area contributed by atoms with Crippen LogP contribution in [0, 0.1) is 5.92 Å². The van der Waals surface area contributed by atoms with E-state index >= 15 is 0 Å². The van der Waals surface area contributed by atoms with Gasteiger partial charge in [0.1, 0.15) is 12.1 Å². The highest BCUT2D eigenvalue weighted by Gasteiger charge is 2.47. The van der Waals surface area contributed by atoms with Gasteiger partial charge >= 0.3 is 6.03 Å². The molecule has 2 saturated heterocycles. The van der Waals surface area contributed by atoms with Crippen molar-refractivity contribution in [2.75, 3.05) is 26.2 Å². The Morgan fingerprint density at radius 3 is 2.67 bits per heavy atom. The zero-order chi connectivity index (χ0) is 15.2. The fourth-order valence-electron chi connectivity index (χ4n) is 2.85. The first-order valence-electron chi connectivity index (χ1n) is 7.42. The third-order valence-corrected chi connectivity index (χ3v) is 4.58. The van der Waals surface area contributed by atoms with Crippen LogP contribution >= 0.6 is 0 Å². The normalized spacial score (nSPS) is 28.8. The highest BCUT2D eigenvalue weighted by molar-refractivity contribution is 6.07. The first-order chi connectivity index (χ1) is 9.89. The fourth-order valence-corrected chi connectivity index (χ4v) is 2.85. The minimum Gasteiger partial charge on any atom is -0.374 e. The number of imide groups is 1. The Balaban J connectivity index is 1.63. The maximum absolute atomic E-state index is 12.4. The van der Waals surface area contributed by atoms with Crippen molar-refractivity contribution in [2.45, 2.75) is 38.3 Å². The van der Waals surface area contributed by atoms with E-state index in [1.807, 2.05) is 0 Å². The van der Waals surface area contributed by atoms with Gasteiger partial charge in [0.2, 0.25) is 5.91 Å². The Labute approximate surface area is 123 Å². The van der Waals surface area contributed by atoms with Crippen LogP contribution in [0.5, 0.6) is 0 Å². The number of morpholine rings is 1. The van der Waals surface area contributed by atoms with Gasteiger partial charge in [-0.05, 0) is 32.6 Å². The lowest BCUT2D eigenvalue weighted by molar-refractivity contribution is -0.141. The number of ether oxygens (including phenoxy) is 1. The number of hydrogen-bond acceptors (Lipinski definition) is 4. The summed E-state index contributed by atoms with van der Waals surface area (Å²) in [5, 5.41) is 2.26. The molecule has 1 saturated carbocycles. The van der Waals surface area contributed by atoms with E-state index in [0.29, 0.717) is 25.6 Å². The minimum absolute atomic E-state index is 0.0675. The van der Waals surface area contributed by atoms with Crippen molar-refractivity contribution in [3.63, 3.8) is 0 Å². The first-order valence-corrected chi connectivity index (χ1v) is 7.42. The number of nitrogens with one attached hydrogen (secondary N) is 1. The molecule has 7 heteroatoms. The first kappa shape index (κ1) is 14.3. The molecule has 2 heterocycles. The summed E-state index contributed by atoms with van der Waals surface area (Å²) >= 11 is 0. The molecule has 0 bridgehead atoms. The lowest BCUT2D eigenvalue weighted by atomic mass is 10.0. The molecule has 1 atom stereocenters. The van der Waals surface area contributed by atoms with Gasteiger partial charge in [0.05, 0.1) is 12.7 Å². The Morgan fingerprint density at radius 2 is 2.10 bits per heavy atom. The summed E-state index contributed by atoms with van der Waals surface area (Å²) < 4.78 is 5.69. The van der Waals surface area contributed by atoms with Gasteiger partial charge in [0.15, 0.2) is 0 Å². The molecule has 7 nitrogen and oxygen atoms in total. The third kappa shape index (κ3) is 2.62. The zero-order valence-electron chi connectivity index (χ0n) is 12.4. The number of rotatable bonds is 3. The molecule has 3 aliphatic rings. The molecule has 2 aliphatic heterocycles. The van der Waals surface area contributed by atoms with Gasteiger partial charge in [-0.25, -0.2) is 4.79 Å². The zero-order valence-corrected chi connectivity index (χ0v) is 12.4. The molecule has 0 spiro atoms. The monoisotopic (exact) mass is 295 g/mol. The topological polar surface area (TPSA) is 79.0 Å². The molecular weight excluding hydrogens is 274 g/mol. The van der Waals surface area contributed by atoms with Gasteiger partial charge < -0.3 is 14.5 Å². The van der Waals surface area contributed by atoms with Crippen LogP contribution in [0.25, 0.3) is 0 Å².